The number of ether oxygens (including phenoxy) is 1. The third kappa shape index (κ3) is 4.59. The molecule has 0 bridgehead atoms. The lowest BCUT2D eigenvalue weighted by molar-refractivity contribution is -0.141. The molecular formula is C19H22N2O3. The number of nitrogens with zero attached hydrogens (tertiary/aromatic N) is 1. The van der Waals surface area contributed by atoms with Gasteiger partial charge in [0.15, 0.2) is 0 Å². The van der Waals surface area contributed by atoms with Crippen LogP contribution in [0.15, 0.2) is 54.6 Å². The molecule has 1 atom stereocenters. The molecule has 1 amide bonds. The van der Waals surface area contributed by atoms with Crippen molar-refractivity contribution >= 4 is 17.6 Å². The van der Waals surface area contributed by atoms with E-state index in [1.807, 2.05) is 67.5 Å². The van der Waals surface area contributed by atoms with E-state index in [2.05, 4.69) is 5.32 Å². The highest BCUT2D eigenvalue weighted by Crippen LogP contribution is 2.19. The number of carbonyl (C=O) groups is 2. The average Bonchev–Trinajstić information content (AvgIpc) is 2.61. The Hall–Kier alpha value is -2.82. The predicted octanol–water partition coefficient (Wildman–Crippen LogP) is 2.79. The summed E-state index contributed by atoms with van der Waals surface area (Å²) in [4.78, 5) is 26.2. The van der Waals surface area contributed by atoms with E-state index in [0.29, 0.717) is 5.56 Å². The van der Waals surface area contributed by atoms with Gasteiger partial charge in [-0.05, 0) is 23.8 Å². The molecule has 0 saturated carbocycles. The predicted molar refractivity (Wildman–Crippen MR) is 94.1 cm³/mol. The van der Waals surface area contributed by atoms with E-state index >= 15 is 0 Å². The van der Waals surface area contributed by atoms with Crippen LogP contribution in [0, 0.1) is 0 Å². The van der Waals surface area contributed by atoms with Crippen LogP contribution in [-0.4, -0.2) is 33.1 Å². The van der Waals surface area contributed by atoms with Crippen LogP contribution in [0.1, 0.15) is 28.4 Å². The average molecular weight is 326 g/mol. The summed E-state index contributed by atoms with van der Waals surface area (Å²) < 4.78 is 4.74. The van der Waals surface area contributed by atoms with E-state index in [0.717, 1.165) is 11.3 Å². The van der Waals surface area contributed by atoms with Gasteiger partial charge in [-0.15, -0.1) is 0 Å². The number of amides is 1. The second kappa shape index (κ2) is 8.15. The van der Waals surface area contributed by atoms with Crippen LogP contribution < -0.4 is 10.2 Å². The minimum absolute atomic E-state index is 0.0830. The standard InChI is InChI=1S/C19H22N2O3/c1-21(2)16-11-7-10-15(12-16)19(23)20-17(13-18(22)24-3)14-8-5-4-6-9-14/h4-12,17H,13H2,1-3H3,(H,20,23)/t17-/m0/s1. The van der Waals surface area contributed by atoms with Gasteiger partial charge in [-0.1, -0.05) is 36.4 Å². The van der Waals surface area contributed by atoms with Crippen molar-refractivity contribution in [3.8, 4) is 0 Å². The summed E-state index contributed by atoms with van der Waals surface area (Å²) in [6, 6.07) is 16.3. The Labute approximate surface area is 142 Å². The first-order chi connectivity index (χ1) is 11.5. The van der Waals surface area contributed by atoms with Gasteiger partial charge in [0, 0.05) is 25.3 Å². The van der Waals surface area contributed by atoms with Crippen molar-refractivity contribution in [1.29, 1.82) is 0 Å². The van der Waals surface area contributed by atoms with Gasteiger partial charge in [0.1, 0.15) is 0 Å². The highest BCUT2D eigenvalue weighted by atomic mass is 16.5. The number of benzene rings is 2. The Morgan fingerprint density at radius 2 is 1.79 bits per heavy atom. The lowest BCUT2D eigenvalue weighted by Crippen LogP contribution is -2.30. The minimum atomic E-state index is -0.436. The lowest BCUT2D eigenvalue weighted by Gasteiger charge is -2.19. The molecule has 0 fully saturated rings. The molecule has 0 heterocycles. The molecule has 0 aliphatic rings. The van der Waals surface area contributed by atoms with Gasteiger partial charge in [0.05, 0.1) is 19.6 Å². The fraction of sp³-hybridized carbons (Fsp3) is 0.263. The molecule has 0 saturated heterocycles. The first kappa shape index (κ1) is 17.5. The number of hydrogen-bond donors (Lipinski definition) is 1. The van der Waals surface area contributed by atoms with E-state index in [9.17, 15) is 9.59 Å². The van der Waals surface area contributed by atoms with Crippen molar-refractivity contribution in [2.75, 3.05) is 26.1 Å². The summed E-state index contributed by atoms with van der Waals surface area (Å²) >= 11 is 0. The summed E-state index contributed by atoms with van der Waals surface area (Å²) in [6.45, 7) is 0. The van der Waals surface area contributed by atoms with Crippen molar-refractivity contribution in [1.82, 2.24) is 5.32 Å². The fourth-order valence-electron chi connectivity index (χ4n) is 2.35. The number of carbonyl (C=O) groups excluding carboxylic acids is 2. The third-order valence-corrected chi connectivity index (χ3v) is 3.73. The number of hydrogen-bond acceptors (Lipinski definition) is 4. The van der Waals surface area contributed by atoms with Crippen molar-refractivity contribution in [3.05, 3.63) is 65.7 Å². The topological polar surface area (TPSA) is 58.6 Å². The maximum absolute atomic E-state index is 12.6. The molecule has 0 unspecified atom stereocenters. The van der Waals surface area contributed by atoms with E-state index < -0.39 is 6.04 Å². The Balaban J connectivity index is 2.21. The van der Waals surface area contributed by atoms with Gasteiger partial charge < -0.3 is 15.0 Å². The largest absolute Gasteiger partial charge is 0.469 e. The molecule has 24 heavy (non-hydrogen) atoms. The summed E-state index contributed by atoms with van der Waals surface area (Å²) in [5.74, 6) is -0.595. The van der Waals surface area contributed by atoms with Crippen molar-refractivity contribution in [3.63, 3.8) is 0 Å². The number of rotatable bonds is 6. The Kier molecular flexibility index (Phi) is 5.95. The van der Waals surface area contributed by atoms with Gasteiger partial charge in [0.25, 0.3) is 5.91 Å². The van der Waals surface area contributed by atoms with Crippen LogP contribution in [0.3, 0.4) is 0 Å². The number of anilines is 1. The van der Waals surface area contributed by atoms with Crippen molar-refractivity contribution in [2.45, 2.75) is 12.5 Å². The van der Waals surface area contributed by atoms with Gasteiger partial charge in [0.2, 0.25) is 0 Å². The van der Waals surface area contributed by atoms with Crippen LogP contribution in [0.25, 0.3) is 0 Å². The molecule has 2 aromatic rings. The molecule has 5 heteroatoms. The second-order valence-corrected chi connectivity index (χ2v) is 5.66. The SMILES string of the molecule is COC(=O)C[C@H](NC(=O)c1cccc(N(C)C)c1)c1ccccc1. The first-order valence-corrected chi connectivity index (χ1v) is 7.71. The Bertz CT molecular complexity index is 699. The molecule has 126 valence electrons. The Morgan fingerprint density at radius 1 is 1.08 bits per heavy atom. The van der Waals surface area contributed by atoms with Gasteiger partial charge >= 0.3 is 5.97 Å². The maximum atomic E-state index is 12.6. The number of methoxy groups -OCH3 is 1. The molecule has 0 spiro atoms. The van der Waals surface area contributed by atoms with Crippen molar-refractivity contribution in [2.24, 2.45) is 0 Å². The van der Waals surface area contributed by atoms with Crippen LogP contribution in [0.4, 0.5) is 5.69 Å². The van der Waals surface area contributed by atoms with E-state index in [1.54, 1.807) is 6.07 Å². The zero-order valence-corrected chi connectivity index (χ0v) is 14.2. The van der Waals surface area contributed by atoms with Gasteiger partial charge in [-0.3, -0.25) is 9.59 Å². The highest BCUT2D eigenvalue weighted by Gasteiger charge is 2.19. The van der Waals surface area contributed by atoms with E-state index in [-0.39, 0.29) is 18.3 Å². The zero-order chi connectivity index (χ0) is 17.5. The molecule has 2 aromatic carbocycles. The minimum Gasteiger partial charge on any atom is -0.469 e. The Morgan fingerprint density at radius 3 is 2.42 bits per heavy atom. The summed E-state index contributed by atoms with van der Waals surface area (Å²) in [5.41, 5.74) is 2.35. The molecule has 0 aliphatic heterocycles. The first-order valence-electron chi connectivity index (χ1n) is 7.71. The molecule has 0 radical (unpaired) electrons. The third-order valence-electron chi connectivity index (χ3n) is 3.73. The molecule has 2 rings (SSSR count). The molecule has 5 nitrogen and oxygen atoms in total. The zero-order valence-electron chi connectivity index (χ0n) is 14.2. The normalized spacial score (nSPS) is 11.5. The molecule has 1 N–H and O–H groups in total. The van der Waals surface area contributed by atoms with Crippen molar-refractivity contribution < 1.29 is 14.3 Å². The number of nitrogens with one attached hydrogen (secondary N) is 1. The van der Waals surface area contributed by atoms with Crippen LogP contribution in [0.2, 0.25) is 0 Å². The van der Waals surface area contributed by atoms with Gasteiger partial charge in [-0.25, -0.2) is 0 Å². The summed E-state index contributed by atoms with van der Waals surface area (Å²) in [6.07, 6.45) is 0.0830. The van der Waals surface area contributed by atoms with Crippen LogP contribution in [-0.2, 0) is 9.53 Å². The van der Waals surface area contributed by atoms with E-state index in [4.69, 9.17) is 4.74 Å². The smallest absolute Gasteiger partial charge is 0.307 e. The van der Waals surface area contributed by atoms with Gasteiger partial charge in [-0.2, -0.15) is 0 Å². The molecular weight excluding hydrogens is 304 g/mol. The number of esters is 1. The highest BCUT2D eigenvalue weighted by molar-refractivity contribution is 5.95. The van der Waals surface area contributed by atoms with E-state index in [1.165, 1.54) is 7.11 Å². The summed E-state index contributed by atoms with van der Waals surface area (Å²) in [7, 11) is 5.18. The summed E-state index contributed by atoms with van der Waals surface area (Å²) in [5, 5.41) is 2.92. The van der Waals surface area contributed by atoms with Crippen LogP contribution >= 0.6 is 0 Å². The molecule has 0 aliphatic carbocycles. The van der Waals surface area contributed by atoms with Crippen LogP contribution in [0.5, 0.6) is 0 Å². The monoisotopic (exact) mass is 326 g/mol. The quantitative estimate of drug-likeness (QED) is 0.829. The fourth-order valence-corrected chi connectivity index (χ4v) is 2.35. The second-order valence-electron chi connectivity index (χ2n) is 5.66. The maximum Gasteiger partial charge on any atom is 0.307 e. The molecule has 0 aromatic heterocycles. The lowest BCUT2D eigenvalue weighted by atomic mass is 10.0.